The maximum atomic E-state index is 5.85. The largest absolute Gasteiger partial charge is 0.319 e. The van der Waals surface area contributed by atoms with E-state index >= 15 is 0 Å². The van der Waals surface area contributed by atoms with E-state index in [0.717, 1.165) is 29.2 Å². The molecule has 0 amide bonds. The third-order valence-corrected chi connectivity index (χ3v) is 3.44. The van der Waals surface area contributed by atoms with Gasteiger partial charge in [-0.15, -0.1) is 23.7 Å². The minimum atomic E-state index is 0. The highest BCUT2D eigenvalue weighted by molar-refractivity contribution is 7.09. The zero-order chi connectivity index (χ0) is 11.4. The molecule has 0 unspecified atom stereocenters. The molecule has 5 heteroatoms. The van der Waals surface area contributed by atoms with Crippen molar-refractivity contribution in [2.75, 3.05) is 13.6 Å². The van der Waals surface area contributed by atoms with Gasteiger partial charge in [-0.3, -0.25) is 0 Å². The van der Waals surface area contributed by atoms with Gasteiger partial charge in [-0.2, -0.15) is 0 Å². The van der Waals surface area contributed by atoms with Crippen molar-refractivity contribution in [3.63, 3.8) is 0 Å². The number of rotatable bonds is 4. The zero-order valence-corrected chi connectivity index (χ0v) is 11.8. The summed E-state index contributed by atoms with van der Waals surface area (Å²) in [5.74, 6) is 0. The Hall–Kier alpha value is -0.610. The van der Waals surface area contributed by atoms with E-state index < -0.39 is 0 Å². The van der Waals surface area contributed by atoms with Crippen molar-refractivity contribution in [3.05, 3.63) is 39.7 Å². The SMILES string of the molecule is CNCCc1nc(-c2ccc(Cl)cc2)cs1.Cl. The normalized spacial score (nSPS) is 10.0. The van der Waals surface area contributed by atoms with Crippen LogP contribution >= 0.6 is 35.3 Å². The van der Waals surface area contributed by atoms with Gasteiger partial charge < -0.3 is 5.32 Å². The topological polar surface area (TPSA) is 24.9 Å². The molecule has 0 aliphatic heterocycles. The number of nitrogens with one attached hydrogen (secondary N) is 1. The molecular weight excluding hydrogens is 275 g/mol. The lowest BCUT2D eigenvalue weighted by Crippen LogP contribution is -2.09. The van der Waals surface area contributed by atoms with Crippen LogP contribution in [0.4, 0.5) is 0 Å². The van der Waals surface area contributed by atoms with Crippen LogP contribution in [0.1, 0.15) is 5.01 Å². The second-order valence-electron chi connectivity index (χ2n) is 3.49. The Morgan fingerprint density at radius 2 is 2.00 bits per heavy atom. The molecule has 2 rings (SSSR count). The highest BCUT2D eigenvalue weighted by atomic mass is 35.5. The molecule has 0 saturated carbocycles. The van der Waals surface area contributed by atoms with Crippen LogP contribution in [-0.2, 0) is 6.42 Å². The Morgan fingerprint density at radius 1 is 1.29 bits per heavy atom. The molecule has 1 aromatic carbocycles. The van der Waals surface area contributed by atoms with Gasteiger partial charge in [0, 0.05) is 28.9 Å². The van der Waals surface area contributed by atoms with Gasteiger partial charge in [0.1, 0.15) is 0 Å². The van der Waals surface area contributed by atoms with Gasteiger partial charge in [0.2, 0.25) is 0 Å². The summed E-state index contributed by atoms with van der Waals surface area (Å²) in [5.41, 5.74) is 2.16. The molecule has 1 N–H and O–H groups in total. The number of thiazole rings is 1. The fourth-order valence-electron chi connectivity index (χ4n) is 1.41. The Morgan fingerprint density at radius 3 is 2.65 bits per heavy atom. The fourth-order valence-corrected chi connectivity index (χ4v) is 2.34. The lowest BCUT2D eigenvalue weighted by Gasteiger charge is -1.96. The Labute approximate surface area is 116 Å². The van der Waals surface area contributed by atoms with Crippen molar-refractivity contribution in [1.82, 2.24) is 10.3 Å². The van der Waals surface area contributed by atoms with E-state index in [1.54, 1.807) is 11.3 Å². The van der Waals surface area contributed by atoms with Crippen LogP contribution in [-0.4, -0.2) is 18.6 Å². The molecule has 0 spiro atoms. The second-order valence-corrected chi connectivity index (χ2v) is 4.87. The molecule has 0 aliphatic rings. The highest BCUT2D eigenvalue weighted by Gasteiger charge is 2.03. The van der Waals surface area contributed by atoms with Gasteiger partial charge in [-0.25, -0.2) is 4.98 Å². The first-order chi connectivity index (χ1) is 7.79. The Kier molecular flexibility index (Phi) is 5.92. The van der Waals surface area contributed by atoms with Crippen LogP contribution in [0.25, 0.3) is 11.3 Å². The summed E-state index contributed by atoms with van der Waals surface area (Å²) in [6, 6.07) is 7.78. The summed E-state index contributed by atoms with van der Waals surface area (Å²) in [7, 11) is 1.95. The molecule has 1 heterocycles. The molecule has 2 aromatic rings. The summed E-state index contributed by atoms with van der Waals surface area (Å²) in [6.45, 7) is 0.966. The van der Waals surface area contributed by atoms with E-state index in [9.17, 15) is 0 Å². The second kappa shape index (κ2) is 6.97. The Balaban J connectivity index is 0.00000144. The molecule has 0 fully saturated rings. The number of nitrogens with zero attached hydrogens (tertiary/aromatic N) is 1. The minimum Gasteiger partial charge on any atom is -0.319 e. The average molecular weight is 289 g/mol. The maximum absolute atomic E-state index is 5.85. The van der Waals surface area contributed by atoms with Gasteiger partial charge in [0.25, 0.3) is 0 Å². The number of benzene rings is 1. The molecule has 0 saturated heterocycles. The van der Waals surface area contributed by atoms with Crippen LogP contribution in [0.3, 0.4) is 0 Å². The molecule has 0 radical (unpaired) electrons. The molecule has 0 atom stereocenters. The molecule has 92 valence electrons. The Bertz CT molecular complexity index is 454. The summed E-state index contributed by atoms with van der Waals surface area (Å²) in [4.78, 5) is 4.58. The first-order valence-corrected chi connectivity index (χ1v) is 6.40. The van der Waals surface area contributed by atoms with Crippen LogP contribution in [0.2, 0.25) is 5.02 Å². The maximum Gasteiger partial charge on any atom is 0.0945 e. The third-order valence-electron chi connectivity index (χ3n) is 2.28. The predicted molar refractivity (Wildman–Crippen MR) is 77.4 cm³/mol. The predicted octanol–water partition coefficient (Wildman–Crippen LogP) is 3.65. The van der Waals surface area contributed by atoms with E-state index in [4.69, 9.17) is 11.6 Å². The molecule has 17 heavy (non-hydrogen) atoms. The monoisotopic (exact) mass is 288 g/mol. The van der Waals surface area contributed by atoms with E-state index in [0.29, 0.717) is 0 Å². The molecule has 0 bridgehead atoms. The van der Waals surface area contributed by atoms with Crippen LogP contribution in [0.15, 0.2) is 29.6 Å². The minimum absolute atomic E-state index is 0. The standard InChI is InChI=1S/C12H13ClN2S.ClH/c1-14-7-6-12-15-11(8-16-12)9-2-4-10(13)5-3-9;/h2-5,8,14H,6-7H2,1H3;1H. The van der Waals surface area contributed by atoms with Gasteiger partial charge in [0.05, 0.1) is 10.7 Å². The lowest BCUT2D eigenvalue weighted by molar-refractivity contribution is 0.788. The highest BCUT2D eigenvalue weighted by Crippen LogP contribution is 2.23. The quantitative estimate of drug-likeness (QED) is 0.929. The van der Waals surface area contributed by atoms with Crippen LogP contribution in [0, 0.1) is 0 Å². The van der Waals surface area contributed by atoms with Crippen molar-refractivity contribution in [1.29, 1.82) is 0 Å². The van der Waals surface area contributed by atoms with E-state index in [1.807, 2.05) is 31.3 Å². The van der Waals surface area contributed by atoms with Gasteiger partial charge in [-0.1, -0.05) is 23.7 Å². The van der Waals surface area contributed by atoms with E-state index in [1.165, 1.54) is 5.01 Å². The van der Waals surface area contributed by atoms with Gasteiger partial charge >= 0.3 is 0 Å². The number of hydrogen-bond donors (Lipinski definition) is 1. The first kappa shape index (κ1) is 14.5. The smallest absolute Gasteiger partial charge is 0.0945 e. The average Bonchev–Trinajstić information content (AvgIpc) is 2.76. The fraction of sp³-hybridized carbons (Fsp3) is 0.250. The summed E-state index contributed by atoms with van der Waals surface area (Å²) in [6.07, 6.45) is 0.981. The van der Waals surface area contributed by atoms with Crippen molar-refractivity contribution in [2.24, 2.45) is 0 Å². The van der Waals surface area contributed by atoms with Crippen molar-refractivity contribution in [3.8, 4) is 11.3 Å². The van der Waals surface area contributed by atoms with Gasteiger partial charge in [0.15, 0.2) is 0 Å². The van der Waals surface area contributed by atoms with Crippen molar-refractivity contribution >= 4 is 35.3 Å². The zero-order valence-electron chi connectivity index (χ0n) is 9.44. The number of hydrogen-bond acceptors (Lipinski definition) is 3. The first-order valence-electron chi connectivity index (χ1n) is 5.14. The number of halogens is 2. The molecule has 1 aromatic heterocycles. The van der Waals surface area contributed by atoms with Crippen molar-refractivity contribution < 1.29 is 0 Å². The third kappa shape index (κ3) is 3.96. The molecule has 0 aliphatic carbocycles. The van der Waals surface area contributed by atoms with Crippen LogP contribution < -0.4 is 5.32 Å². The summed E-state index contributed by atoms with van der Waals surface area (Å²) < 4.78 is 0. The van der Waals surface area contributed by atoms with Crippen LogP contribution in [0.5, 0.6) is 0 Å². The van der Waals surface area contributed by atoms with Gasteiger partial charge in [-0.05, 0) is 19.2 Å². The van der Waals surface area contributed by atoms with E-state index in [-0.39, 0.29) is 12.4 Å². The lowest BCUT2D eigenvalue weighted by atomic mass is 10.2. The molecular formula is C12H14Cl2N2S. The van der Waals surface area contributed by atoms with Crippen molar-refractivity contribution in [2.45, 2.75) is 6.42 Å². The van der Waals surface area contributed by atoms with E-state index in [2.05, 4.69) is 15.7 Å². The molecule has 2 nitrogen and oxygen atoms in total. The summed E-state index contributed by atoms with van der Waals surface area (Å²) in [5, 5.41) is 7.14. The summed E-state index contributed by atoms with van der Waals surface area (Å²) >= 11 is 7.55. The number of aromatic nitrogens is 1. The number of likely N-dealkylation sites (N-methyl/N-ethyl adjacent to an activating group) is 1.